The van der Waals surface area contributed by atoms with Crippen LogP contribution in [0.15, 0.2) is 0 Å². The third-order valence-corrected chi connectivity index (χ3v) is 2.15. The first-order valence-electron chi connectivity index (χ1n) is 5.92. The summed E-state index contributed by atoms with van der Waals surface area (Å²) in [4.78, 5) is 0. The molecule has 86 valence electrons. The van der Waals surface area contributed by atoms with Gasteiger partial charge in [-0.15, -0.1) is 0 Å². The number of ether oxygens (including phenoxy) is 1. The number of hydrogen-bond donors (Lipinski definition) is 1. The van der Waals surface area contributed by atoms with Crippen molar-refractivity contribution in [3.63, 3.8) is 0 Å². The number of aliphatic hydroxyl groups is 1. The lowest BCUT2D eigenvalue weighted by molar-refractivity contribution is 0.0209. The van der Waals surface area contributed by atoms with Crippen molar-refractivity contribution in [2.75, 3.05) is 13.2 Å². The predicted molar refractivity (Wildman–Crippen MR) is 60.4 cm³/mol. The van der Waals surface area contributed by atoms with E-state index < -0.39 is 0 Å². The van der Waals surface area contributed by atoms with Gasteiger partial charge in [-0.05, 0) is 12.3 Å². The Bertz CT molecular complexity index is 113. The molecule has 0 heterocycles. The summed E-state index contributed by atoms with van der Waals surface area (Å²) >= 11 is 0. The normalized spacial score (nSPS) is 13.5. The average Bonchev–Trinajstić information content (AvgIpc) is 2.12. The van der Waals surface area contributed by atoms with Crippen molar-refractivity contribution in [3.8, 4) is 0 Å². The molecular weight excluding hydrogens is 176 g/mol. The summed E-state index contributed by atoms with van der Waals surface area (Å²) < 4.78 is 5.36. The van der Waals surface area contributed by atoms with E-state index in [1.54, 1.807) is 0 Å². The Hall–Kier alpha value is -0.0800. The Labute approximate surface area is 88.7 Å². The molecule has 0 aliphatic heterocycles. The Balaban J connectivity index is 3.15. The number of rotatable bonds is 9. The molecule has 2 heteroatoms. The summed E-state index contributed by atoms with van der Waals surface area (Å²) in [5.74, 6) is 0.558. The van der Waals surface area contributed by atoms with Crippen LogP contribution < -0.4 is 0 Å². The first-order valence-corrected chi connectivity index (χ1v) is 5.92. The molecule has 2 nitrogen and oxygen atoms in total. The van der Waals surface area contributed by atoms with E-state index in [9.17, 15) is 5.11 Å². The predicted octanol–water partition coefficient (Wildman–Crippen LogP) is 2.99. The summed E-state index contributed by atoms with van der Waals surface area (Å²) in [6, 6.07) is 0. The minimum Gasteiger partial charge on any atom is -0.391 e. The van der Waals surface area contributed by atoms with Gasteiger partial charge in [0.2, 0.25) is 0 Å². The molecular formula is C12H26O2. The maximum absolute atomic E-state index is 9.54. The molecule has 1 atom stereocenters. The molecule has 0 spiro atoms. The SMILES string of the molecule is CCCCCCC(O)COCC(C)C. The minimum atomic E-state index is -0.259. The summed E-state index contributed by atoms with van der Waals surface area (Å²) in [6.45, 7) is 7.69. The van der Waals surface area contributed by atoms with Gasteiger partial charge in [0.1, 0.15) is 0 Å². The monoisotopic (exact) mass is 202 g/mol. The van der Waals surface area contributed by atoms with Crippen LogP contribution in [0.25, 0.3) is 0 Å². The second-order valence-electron chi connectivity index (χ2n) is 4.43. The Kier molecular flexibility index (Phi) is 9.42. The van der Waals surface area contributed by atoms with E-state index >= 15 is 0 Å². The van der Waals surface area contributed by atoms with E-state index in [4.69, 9.17) is 4.74 Å². The molecule has 1 N–H and O–H groups in total. The first-order chi connectivity index (χ1) is 6.66. The van der Waals surface area contributed by atoms with Gasteiger partial charge in [0.25, 0.3) is 0 Å². The lowest BCUT2D eigenvalue weighted by atomic mass is 10.1. The van der Waals surface area contributed by atoms with Crippen molar-refractivity contribution in [2.24, 2.45) is 5.92 Å². The highest BCUT2D eigenvalue weighted by Gasteiger charge is 2.04. The van der Waals surface area contributed by atoms with Crippen LogP contribution in [0.4, 0.5) is 0 Å². The maximum Gasteiger partial charge on any atom is 0.0773 e. The van der Waals surface area contributed by atoms with E-state index in [2.05, 4.69) is 20.8 Å². The Morgan fingerprint density at radius 3 is 2.36 bits per heavy atom. The van der Waals surface area contributed by atoms with Crippen LogP contribution >= 0.6 is 0 Å². The van der Waals surface area contributed by atoms with E-state index in [0.717, 1.165) is 19.4 Å². The van der Waals surface area contributed by atoms with Gasteiger partial charge in [-0.1, -0.05) is 46.5 Å². The van der Waals surface area contributed by atoms with E-state index in [1.807, 2.05) is 0 Å². The molecule has 0 saturated carbocycles. The van der Waals surface area contributed by atoms with E-state index in [1.165, 1.54) is 19.3 Å². The summed E-state index contributed by atoms with van der Waals surface area (Å²) in [5, 5.41) is 9.54. The molecule has 0 aromatic rings. The fourth-order valence-electron chi connectivity index (χ4n) is 1.33. The molecule has 0 aromatic carbocycles. The highest BCUT2D eigenvalue weighted by Crippen LogP contribution is 2.06. The smallest absolute Gasteiger partial charge is 0.0773 e. The Morgan fingerprint density at radius 2 is 1.79 bits per heavy atom. The Morgan fingerprint density at radius 1 is 1.07 bits per heavy atom. The topological polar surface area (TPSA) is 29.5 Å². The molecule has 1 unspecified atom stereocenters. The molecule has 0 rings (SSSR count). The van der Waals surface area contributed by atoms with Crippen LogP contribution in [0.1, 0.15) is 52.9 Å². The van der Waals surface area contributed by atoms with E-state index in [-0.39, 0.29) is 6.10 Å². The summed E-state index contributed by atoms with van der Waals surface area (Å²) in [6.07, 6.45) is 5.51. The molecule has 0 radical (unpaired) electrons. The first kappa shape index (κ1) is 13.9. The minimum absolute atomic E-state index is 0.259. The van der Waals surface area contributed by atoms with Gasteiger partial charge in [0.15, 0.2) is 0 Å². The quantitative estimate of drug-likeness (QED) is 0.582. The maximum atomic E-state index is 9.54. The second kappa shape index (κ2) is 9.47. The average molecular weight is 202 g/mol. The van der Waals surface area contributed by atoms with Crippen molar-refractivity contribution < 1.29 is 9.84 Å². The standard InChI is InChI=1S/C12H26O2/c1-4-5-6-7-8-12(13)10-14-9-11(2)3/h11-13H,4-10H2,1-3H3. The second-order valence-corrected chi connectivity index (χ2v) is 4.43. The van der Waals surface area contributed by atoms with Crippen LogP contribution in [0.5, 0.6) is 0 Å². The van der Waals surface area contributed by atoms with Crippen LogP contribution in [-0.2, 0) is 4.74 Å². The van der Waals surface area contributed by atoms with Gasteiger partial charge in [-0.25, -0.2) is 0 Å². The number of hydrogen-bond acceptors (Lipinski definition) is 2. The molecule has 0 aliphatic carbocycles. The summed E-state index contributed by atoms with van der Waals surface area (Å²) in [5.41, 5.74) is 0. The molecule has 0 aromatic heterocycles. The zero-order valence-electron chi connectivity index (χ0n) is 9.96. The number of aliphatic hydroxyl groups excluding tert-OH is 1. The molecule has 0 saturated heterocycles. The molecule has 0 fully saturated rings. The van der Waals surface area contributed by atoms with Gasteiger partial charge >= 0.3 is 0 Å². The highest BCUT2D eigenvalue weighted by atomic mass is 16.5. The zero-order valence-corrected chi connectivity index (χ0v) is 9.96. The highest BCUT2D eigenvalue weighted by molar-refractivity contribution is 4.54. The summed E-state index contributed by atoms with van der Waals surface area (Å²) in [7, 11) is 0. The molecule has 0 aliphatic rings. The third kappa shape index (κ3) is 10.0. The van der Waals surface area contributed by atoms with Crippen molar-refractivity contribution in [3.05, 3.63) is 0 Å². The largest absolute Gasteiger partial charge is 0.391 e. The lowest BCUT2D eigenvalue weighted by Crippen LogP contribution is -2.17. The zero-order chi connectivity index (χ0) is 10.8. The molecule has 14 heavy (non-hydrogen) atoms. The fourth-order valence-corrected chi connectivity index (χ4v) is 1.33. The number of unbranched alkanes of at least 4 members (excludes halogenated alkanes) is 3. The van der Waals surface area contributed by atoms with Crippen LogP contribution in [0, 0.1) is 5.92 Å². The van der Waals surface area contributed by atoms with Crippen molar-refractivity contribution in [2.45, 2.75) is 59.0 Å². The molecule has 0 bridgehead atoms. The lowest BCUT2D eigenvalue weighted by Gasteiger charge is -2.12. The van der Waals surface area contributed by atoms with Gasteiger partial charge in [-0.3, -0.25) is 0 Å². The molecule has 0 amide bonds. The van der Waals surface area contributed by atoms with Gasteiger partial charge in [0.05, 0.1) is 12.7 Å². The third-order valence-electron chi connectivity index (χ3n) is 2.15. The van der Waals surface area contributed by atoms with Crippen LogP contribution in [0.2, 0.25) is 0 Å². The van der Waals surface area contributed by atoms with Crippen molar-refractivity contribution >= 4 is 0 Å². The van der Waals surface area contributed by atoms with Crippen molar-refractivity contribution in [1.82, 2.24) is 0 Å². The van der Waals surface area contributed by atoms with Gasteiger partial charge in [-0.2, -0.15) is 0 Å². The van der Waals surface area contributed by atoms with Crippen LogP contribution in [-0.4, -0.2) is 24.4 Å². The van der Waals surface area contributed by atoms with E-state index in [0.29, 0.717) is 12.5 Å². The van der Waals surface area contributed by atoms with Gasteiger partial charge in [0, 0.05) is 6.61 Å². The van der Waals surface area contributed by atoms with Crippen LogP contribution in [0.3, 0.4) is 0 Å². The fraction of sp³-hybridized carbons (Fsp3) is 1.00. The van der Waals surface area contributed by atoms with Gasteiger partial charge < -0.3 is 9.84 Å². The van der Waals surface area contributed by atoms with Crippen molar-refractivity contribution in [1.29, 1.82) is 0 Å².